The molecule has 2 heterocycles. The second-order valence-corrected chi connectivity index (χ2v) is 8.74. The number of Topliss-reactive ketones (excluding diaryl/α,β-unsaturated/α-hetero) is 1. The van der Waals surface area contributed by atoms with E-state index in [-0.39, 0.29) is 11.2 Å². The lowest BCUT2D eigenvalue weighted by molar-refractivity contribution is 0.0911. The van der Waals surface area contributed by atoms with Crippen LogP contribution in [-0.4, -0.2) is 25.5 Å². The largest absolute Gasteiger partial charge is 0.338 e. The minimum Gasteiger partial charge on any atom is -0.338 e. The number of H-pyrrole nitrogens is 1. The summed E-state index contributed by atoms with van der Waals surface area (Å²) < 4.78 is 1.81. The van der Waals surface area contributed by atoms with E-state index < -0.39 is 0 Å². The number of ketones is 1. The number of nitrogens with one attached hydrogen (secondary N) is 2. The summed E-state index contributed by atoms with van der Waals surface area (Å²) in [5.41, 5.74) is 5.47. The molecule has 1 aliphatic carbocycles. The third-order valence-corrected chi connectivity index (χ3v) is 5.77. The lowest BCUT2D eigenvalue weighted by atomic mass is 9.76. The van der Waals surface area contributed by atoms with Crippen molar-refractivity contribution >= 4 is 28.3 Å². The fourth-order valence-corrected chi connectivity index (χ4v) is 4.33. The van der Waals surface area contributed by atoms with Crippen molar-refractivity contribution in [1.82, 2.24) is 19.7 Å². The van der Waals surface area contributed by atoms with Crippen LogP contribution in [0.2, 0.25) is 0 Å². The number of carbonyl (C=O) groups is 1. The highest BCUT2D eigenvalue weighted by Gasteiger charge is 2.37. The Hall–Kier alpha value is -3.41. The maximum absolute atomic E-state index is 13.2. The van der Waals surface area contributed by atoms with E-state index in [0.717, 1.165) is 35.3 Å². The van der Waals surface area contributed by atoms with Crippen molar-refractivity contribution in [2.24, 2.45) is 5.41 Å². The Balaban J connectivity index is 1.68. The van der Waals surface area contributed by atoms with Gasteiger partial charge in [-0.05, 0) is 42.0 Å². The van der Waals surface area contributed by atoms with Crippen LogP contribution in [0.15, 0.2) is 48.5 Å². The number of hydrogen-bond donors (Lipinski definition) is 2. The average molecular weight is 399 g/mol. The third kappa shape index (κ3) is 3.09. The van der Waals surface area contributed by atoms with Crippen LogP contribution >= 0.6 is 0 Å². The summed E-state index contributed by atoms with van der Waals surface area (Å²) in [6.45, 7) is 6.38. The van der Waals surface area contributed by atoms with E-state index in [1.165, 1.54) is 5.56 Å². The van der Waals surface area contributed by atoms with Gasteiger partial charge in [0.25, 0.3) is 0 Å². The fourth-order valence-electron chi connectivity index (χ4n) is 4.33. The minimum atomic E-state index is -0.119. The molecule has 6 heteroatoms. The predicted octanol–water partition coefficient (Wildman–Crippen LogP) is 5.21. The van der Waals surface area contributed by atoms with Crippen LogP contribution in [0, 0.1) is 5.41 Å². The van der Waals surface area contributed by atoms with Gasteiger partial charge in [0.2, 0.25) is 5.95 Å². The van der Waals surface area contributed by atoms with Crippen LogP contribution in [0.5, 0.6) is 0 Å². The number of nitrogens with zero attached hydrogens (tertiary/aromatic N) is 3. The highest BCUT2D eigenvalue weighted by Crippen LogP contribution is 2.39. The van der Waals surface area contributed by atoms with Crippen LogP contribution in [0.4, 0.5) is 11.5 Å². The number of benzene rings is 2. The number of aromatic amines is 1. The van der Waals surface area contributed by atoms with Crippen molar-refractivity contribution in [1.29, 1.82) is 0 Å². The van der Waals surface area contributed by atoms with Crippen LogP contribution in [-0.2, 0) is 12.8 Å². The molecule has 1 aliphatic rings. The Kier molecular flexibility index (Phi) is 4.24. The van der Waals surface area contributed by atoms with E-state index in [9.17, 15) is 4.79 Å². The molecule has 4 aromatic rings. The summed E-state index contributed by atoms with van der Waals surface area (Å²) in [7, 11) is 0. The van der Waals surface area contributed by atoms with Gasteiger partial charge in [0.15, 0.2) is 11.6 Å². The number of aryl methyl sites for hydroxylation is 1. The molecule has 0 aliphatic heterocycles. The lowest BCUT2D eigenvalue weighted by Crippen LogP contribution is -2.28. The second kappa shape index (κ2) is 6.83. The van der Waals surface area contributed by atoms with Gasteiger partial charge in [-0.3, -0.25) is 4.79 Å². The molecule has 0 saturated heterocycles. The zero-order valence-corrected chi connectivity index (χ0v) is 17.5. The Bertz CT molecular complexity index is 1230. The molecule has 0 spiro atoms. The molecular formula is C24H25N5O. The molecule has 6 nitrogen and oxygen atoms in total. The first kappa shape index (κ1) is 18.6. The minimum absolute atomic E-state index is 0.119. The quantitative estimate of drug-likeness (QED) is 0.494. The molecule has 30 heavy (non-hydrogen) atoms. The van der Waals surface area contributed by atoms with Gasteiger partial charge in [0.05, 0.1) is 22.3 Å². The zero-order chi connectivity index (χ0) is 20.9. The first-order chi connectivity index (χ1) is 14.4. The summed E-state index contributed by atoms with van der Waals surface area (Å²) in [5.74, 6) is 1.36. The van der Waals surface area contributed by atoms with Crippen molar-refractivity contribution in [3.05, 3.63) is 65.4 Å². The molecule has 2 aromatic carbocycles. The normalized spacial score (nSPS) is 15.4. The summed E-state index contributed by atoms with van der Waals surface area (Å²) >= 11 is 0. The number of anilines is 2. The molecule has 0 fully saturated rings. The topological polar surface area (TPSA) is 75.6 Å². The molecule has 0 saturated carbocycles. The van der Waals surface area contributed by atoms with E-state index in [4.69, 9.17) is 10.1 Å². The van der Waals surface area contributed by atoms with Gasteiger partial charge >= 0.3 is 0 Å². The number of para-hydroxylation sites is 3. The van der Waals surface area contributed by atoms with Gasteiger partial charge in [-0.15, -0.1) is 5.10 Å². The molecule has 0 bridgehead atoms. The first-order valence-electron chi connectivity index (χ1n) is 10.4. The van der Waals surface area contributed by atoms with E-state index in [0.29, 0.717) is 23.8 Å². The smallest absolute Gasteiger partial charge is 0.229 e. The summed E-state index contributed by atoms with van der Waals surface area (Å²) in [6.07, 6.45) is 2.17. The van der Waals surface area contributed by atoms with E-state index in [2.05, 4.69) is 37.1 Å². The number of carbonyl (C=O) groups excluding carboxylic acids is 1. The molecule has 2 N–H and O–H groups in total. The Morgan fingerprint density at radius 2 is 1.87 bits per heavy atom. The van der Waals surface area contributed by atoms with Gasteiger partial charge in [-0.25, -0.2) is 9.67 Å². The van der Waals surface area contributed by atoms with Crippen molar-refractivity contribution < 1.29 is 4.79 Å². The van der Waals surface area contributed by atoms with Crippen LogP contribution < -0.4 is 5.32 Å². The predicted molar refractivity (Wildman–Crippen MR) is 119 cm³/mol. The SMILES string of the molecule is CCc1ccccc1Nc1nn(-c2nc3ccccc3[nH]2)c2c1C(=O)CC(C)(C)C2. The lowest BCUT2D eigenvalue weighted by Gasteiger charge is -2.28. The van der Waals surface area contributed by atoms with E-state index in [1.807, 2.05) is 47.1 Å². The standard InChI is InChI=1S/C24H25N5O/c1-4-15-9-5-6-10-16(15)25-22-21-19(13-24(2,3)14-20(21)30)29(28-22)23-26-17-11-7-8-12-18(17)27-23/h5-12H,4,13-14H2,1-3H3,(H,25,28)(H,26,27). The van der Waals surface area contributed by atoms with Crippen molar-refractivity contribution in [3.63, 3.8) is 0 Å². The van der Waals surface area contributed by atoms with Gasteiger partial charge in [0, 0.05) is 12.1 Å². The Labute approximate surface area is 175 Å². The van der Waals surface area contributed by atoms with Crippen LogP contribution in [0.3, 0.4) is 0 Å². The second-order valence-electron chi connectivity index (χ2n) is 8.74. The van der Waals surface area contributed by atoms with Gasteiger partial charge in [-0.1, -0.05) is 51.1 Å². The van der Waals surface area contributed by atoms with E-state index >= 15 is 0 Å². The molecule has 152 valence electrons. The number of fused-ring (bicyclic) bond motifs is 2. The average Bonchev–Trinajstić information content (AvgIpc) is 3.29. The molecule has 5 rings (SSSR count). The summed E-state index contributed by atoms with van der Waals surface area (Å²) in [4.78, 5) is 21.2. The molecule has 0 atom stereocenters. The highest BCUT2D eigenvalue weighted by atomic mass is 16.1. The summed E-state index contributed by atoms with van der Waals surface area (Å²) in [5, 5.41) is 8.27. The van der Waals surface area contributed by atoms with Crippen molar-refractivity contribution in [2.75, 3.05) is 5.32 Å². The molecule has 0 radical (unpaired) electrons. The van der Waals surface area contributed by atoms with Crippen LogP contribution in [0.1, 0.15) is 48.8 Å². The first-order valence-corrected chi connectivity index (χ1v) is 10.4. The zero-order valence-electron chi connectivity index (χ0n) is 17.5. The number of aromatic nitrogens is 4. The van der Waals surface area contributed by atoms with Crippen molar-refractivity contribution in [2.45, 2.75) is 40.0 Å². The number of rotatable bonds is 4. The van der Waals surface area contributed by atoms with Crippen LogP contribution in [0.25, 0.3) is 17.0 Å². The van der Waals surface area contributed by atoms with E-state index in [1.54, 1.807) is 0 Å². The molecule has 0 unspecified atom stereocenters. The molecule has 0 amide bonds. The van der Waals surface area contributed by atoms with Crippen molar-refractivity contribution in [3.8, 4) is 5.95 Å². The Morgan fingerprint density at radius 3 is 2.67 bits per heavy atom. The third-order valence-electron chi connectivity index (χ3n) is 5.77. The number of hydrogen-bond acceptors (Lipinski definition) is 4. The number of imidazole rings is 1. The van der Waals surface area contributed by atoms with Gasteiger partial charge < -0.3 is 10.3 Å². The monoisotopic (exact) mass is 399 g/mol. The maximum atomic E-state index is 13.2. The molecule has 2 aromatic heterocycles. The maximum Gasteiger partial charge on any atom is 0.229 e. The van der Waals surface area contributed by atoms with Gasteiger partial charge in [0.1, 0.15) is 0 Å². The highest BCUT2D eigenvalue weighted by molar-refractivity contribution is 6.03. The summed E-state index contributed by atoms with van der Waals surface area (Å²) in [6, 6.07) is 16.1. The van der Waals surface area contributed by atoms with Gasteiger partial charge in [-0.2, -0.15) is 0 Å². The Morgan fingerprint density at radius 1 is 1.10 bits per heavy atom. The fraction of sp³-hybridized carbons (Fsp3) is 0.292. The molecular weight excluding hydrogens is 374 g/mol.